The summed E-state index contributed by atoms with van der Waals surface area (Å²) in [7, 11) is 0. The lowest BCUT2D eigenvalue weighted by Crippen LogP contribution is -2.73. The van der Waals surface area contributed by atoms with Crippen molar-refractivity contribution < 1.29 is 19.7 Å². The molecule has 2 N–H and O–H groups in total. The fourth-order valence-corrected chi connectivity index (χ4v) is 12.5. The van der Waals surface area contributed by atoms with Crippen molar-refractivity contribution in [3.8, 4) is 0 Å². The Morgan fingerprint density at radius 1 is 0.583 bits per heavy atom. The zero-order chi connectivity index (χ0) is 15.3. The molecule has 0 aromatic carbocycles. The minimum atomic E-state index is -0.647. The minimum absolute atomic E-state index is 0.157. The molecule has 0 radical (unpaired) electrons. The lowest BCUT2D eigenvalue weighted by molar-refractivity contribution is -0.393. The summed E-state index contributed by atoms with van der Waals surface area (Å²) < 4.78 is 12.7. The maximum Gasteiger partial charge on any atom is 0.161 e. The average molecular weight is 328 g/mol. The molecule has 16 atom stereocenters. The zero-order valence-electron chi connectivity index (χ0n) is 13.6. The van der Waals surface area contributed by atoms with Crippen molar-refractivity contribution in [1.29, 1.82) is 0 Å². The molecular formula is C20H24O4. The summed E-state index contributed by atoms with van der Waals surface area (Å²) in [5.74, 6) is 6.92. The van der Waals surface area contributed by atoms with Gasteiger partial charge in [-0.1, -0.05) is 0 Å². The van der Waals surface area contributed by atoms with Crippen LogP contribution in [0.3, 0.4) is 0 Å². The van der Waals surface area contributed by atoms with Gasteiger partial charge in [-0.15, -0.1) is 0 Å². The Labute approximate surface area is 140 Å². The lowest BCUT2D eigenvalue weighted by atomic mass is 9.41. The summed E-state index contributed by atoms with van der Waals surface area (Å²) in [4.78, 5) is 0. The van der Waals surface area contributed by atoms with Crippen LogP contribution in [0, 0.1) is 70.0 Å². The molecule has 0 aromatic rings. The van der Waals surface area contributed by atoms with E-state index in [0.717, 1.165) is 36.5 Å². The number of hydrogen-bond donors (Lipinski definition) is 2. The molecule has 24 heavy (non-hydrogen) atoms. The Balaban J connectivity index is 1.42. The Hall–Kier alpha value is -0.160. The van der Waals surface area contributed by atoms with E-state index in [2.05, 4.69) is 0 Å². The summed E-state index contributed by atoms with van der Waals surface area (Å²) in [6, 6.07) is 0. The third-order valence-corrected chi connectivity index (χ3v) is 11.7. The van der Waals surface area contributed by atoms with Crippen LogP contribution in [0.4, 0.5) is 0 Å². The molecule has 4 nitrogen and oxygen atoms in total. The van der Waals surface area contributed by atoms with Gasteiger partial charge in [-0.2, -0.15) is 0 Å². The van der Waals surface area contributed by atoms with Crippen molar-refractivity contribution in [2.75, 3.05) is 0 Å². The van der Waals surface area contributed by atoms with E-state index in [1.54, 1.807) is 0 Å². The van der Waals surface area contributed by atoms with Crippen LogP contribution in [-0.2, 0) is 9.47 Å². The molecule has 10 aliphatic rings. The normalized spacial score (nSPS) is 85.2. The largest absolute Gasteiger partial charge is 0.367 e. The Kier molecular flexibility index (Phi) is 1.56. The first-order valence-corrected chi connectivity index (χ1v) is 10.4. The molecule has 2 spiro atoms. The number of ether oxygens (including phenoxy) is 2. The van der Waals surface area contributed by atoms with Crippen LogP contribution in [0.25, 0.3) is 0 Å². The van der Waals surface area contributed by atoms with E-state index in [1.807, 2.05) is 0 Å². The highest BCUT2D eigenvalue weighted by Gasteiger charge is 3.01. The van der Waals surface area contributed by atoms with Gasteiger partial charge in [-0.05, 0) is 84.9 Å². The van der Waals surface area contributed by atoms with Crippen molar-refractivity contribution in [3.63, 3.8) is 0 Å². The van der Waals surface area contributed by atoms with Gasteiger partial charge in [0.15, 0.2) is 12.6 Å². The van der Waals surface area contributed by atoms with Gasteiger partial charge in [0.1, 0.15) is 0 Å². The topological polar surface area (TPSA) is 58.9 Å². The van der Waals surface area contributed by atoms with Gasteiger partial charge < -0.3 is 19.7 Å². The van der Waals surface area contributed by atoms with Crippen LogP contribution in [0.15, 0.2) is 0 Å². The smallest absolute Gasteiger partial charge is 0.161 e. The molecule has 0 unspecified atom stereocenters. The summed E-state index contributed by atoms with van der Waals surface area (Å²) >= 11 is 0. The van der Waals surface area contributed by atoms with Crippen LogP contribution in [0.2, 0.25) is 0 Å². The van der Waals surface area contributed by atoms with Gasteiger partial charge in [0.05, 0.1) is 12.2 Å². The van der Waals surface area contributed by atoms with Gasteiger partial charge in [0.25, 0.3) is 0 Å². The quantitative estimate of drug-likeness (QED) is 0.702. The van der Waals surface area contributed by atoms with E-state index < -0.39 is 12.6 Å². The second-order valence-corrected chi connectivity index (χ2v) is 10.8. The Morgan fingerprint density at radius 2 is 1.04 bits per heavy atom. The molecule has 2 saturated heterocycles. The maximum atomic E-state index is 11.4. The van der Waals surface area contributed by atoms with Crippen molar-refractivity contribution >= 4 is 0 Å². The third-order valence-electron chi connectivity index (χ3n) is 11.7. The number of hydrogen-bond acceptors (Lipinski definition) is 4. The molecular weight excluding hydrogens is 304 g/mol. The van der Waals surface area contributed by atoms with Crippen LogP contribution < -0.4 is 0 Å². The van der Waals surface area contributed by atoms with E-state index >= 15 is 0 Å². The second-order valence-electron chi connectivity index (χ2n) is 10.8. The van der Waals surface area contributed by atoms with Gasteiger partial charge in [0, 0.05) is 10.8 Å². The Morgan fingerprint density at radius 3 is 1.50 bits per heavy atom. The molecule has 2 heterocycles. The van der Waals surface area contributed by atoms with Gasteiger partial charge in [0.2, 0.25) is 0 Å². The van der Waals surface area contributed by atoms with Crippen LogP contribution in [-0.4, -0.2) is 35.0 Å². The van der Waals surface area contributed by atoms with Gasteiger partial charge >= 0.3 is 0 Å². The van der Waals surface area contributed by atoms with Crippen molar-refractivity contribution in [2.24, 2.45) is 70.0 Å². The molecule has 8 saturated carbocycles. The predicted octanol–water partition coefficient (Wildman–Crippen LogP) is 1.21. The zero-order valence-corrected chi connectivity index (χ0v) is 13.6. The first-order valence-electron chi connectivity index (χ1n) is 10.4. The number of aliphatic hydroxyl groups excluding tert-OH is 2. The molecule has 8 aliphatic carbocycles. The lowest BCUT2D eigenvalue weighted by Gasteiger charge is -2.68. The second kappa shape index (κ2) is 3.04. The molecule has 0 amide bonds. The standard InChI is InChI=1S/C20H24O4/c21-17-19-13-5-1-3-7-9(5)15-11(13)12-14(20(15,19)18(22)23-7)6-2-4-8(24-17)10(6)16(12)19/h5-18,21-22H,1-4H2/t5-,6+,7+,8-,9+,10-,11-,12+,13-,14+,15-,16+,17+,18-,19-,20-/m1/s1. The van der Waals surface area contributed by atoms with Crippen molar-refractivity contribution in [2.45, 2.75) is 50.5 Å². The fourth-order valence-electron chi connectivity index (χ4n) is 12.5. The highest BCUT2D eigenvalue weighted by molar-refractivity contribution is 5.45. The number of rotatable bonds is 0. The monoisotopic (exact) mass is 328 g/mol. The molecule has 10 rings (SSSR count). The van der Waals surface area contributed by atoms with Gasteiger partial charge in [-0.3, -0.25) is 0 Å². The van der Waals surface area contributed by atoms with Crippen molar-refractivity contribution in [3.05, 3.63) is 0 Å². The van der Waals surface area contributed by atoms with E-state index in [-0.39, 0.29) is 10.8 Å². The molecule has 0 aromatic heterocycles. The molecule has 2 aliphatic heterocycles. The SMILES string of the molecule is O[C@@H]1O[C@H]2CC[C@@H]3[C@@H]2[C@@H]2[C@@H]4[C@@H]5[C@@H]6[C@@H]7[C@@H]8CC[C@H]7O[C@H](O)[C@]6([C@H]34)[C@]21[C@@H]85. The summed E-state index contributed by atoms with van der Waals surface area (Å²) in [5.41, 5.74) is -0.314. The first-order chi connectivity index (χ1) is 11.7. The number of aliphatic hydroxyl groups is 2. The van der Waals surface area contributed by atoms with E-state index in [0.29, 0.717) is 47.7 Å². The maximum absolute atomic E-state index is 11.4. The highest BCUT2D eigenvalue weighted by atomic mass is 16.6. The van der Waals surface area contributed by atoms with E-state index in [1.165, 1.54) is 12.8 Å². The van der Waals surface area contributed by atoms with E-state index in [4.69, 9.17) is 9.47 Å². The average Bonchev–Trinajstić information content (AvgIpc) is 3.34. The molecule has 8 bridgehead atoms. The first kappa shape index (κ1) is 12.3. The molecule has 128 valence electrons. The third kappa shape index (κ3) is 0.719. The predicted molar refractivity (Wildman–Crippen MR) is 80.0 cm³/mol. The summed E-state index contributed by atoms with van der Waals surface area (Å²) in [5, 5.41) is 22.8. The van der Waals surface area contributed by atoms with Crippen LogP contribution >= 0.6 is 0 Å². The molecule has 10 fully saturated rings. The summed E-state index contributed by atoms with van der Waals surface area (Å²) in [6.07, 6.45) is 4.08. The van der Waals surface area contributed by atoms with Crippen molar-refractivity contribution in [1.82, 2.24) is 0 Å². The van der Waals surface area contributed by atoms with Crippen LogP contribution in [0.1, 0.15) is 25.7 Å². The highest BCUT2D eigenvalue weighted by Crippen LogP contribution is 3.00. The van der Waals surface area contributed by atoms with Crippen LogP contribution in [0.5, 0.6) is 0 Å². The van der Waals surface area contributed by atoms with E-state index in [9.17, 15) is 10.2 Å². The van der Waals surface area contributed by atoms with Gasteiger partial charge in [-0.25, -0.2) is 0 Å². The summed E-state index contributed by atoms with van der Waals surface area (Å²) in [6.45, 7) is 0. The fraction of sp³-hybridized carbons (Fsp3) is 1.00. The Bertz CT molecular complexity index is 648. The minimum Gasteiger partial charge on any atom is -0.367 e. The molecule has 4 heteroatoms.